The second-order valence-electron chi connectivity index (χ2n) is 4.87. The lowest BCUT2D eigenvalue weighted by molar-refractivity contribution is 0.269. The van der Waals surface area contributed by atoms with Crippen molar-refractivity contribution in [1.82, 2.24) is 9.97 Å². The van der Waals surface area contributed by atoms with Gasteiger partial charge in [-0.3, -0.25) is 0 Å². The van der Waals surface area contributed by atoms with E-state index in [1.165, 1.54) is 24.1 Å². The zero-order chi connectivity index (χ0) is 12.4. The summed E-state index contributed by atoms with van der Waals surface area (Å²) in [5, 5.41) is 9.25. The lowest BCUT2D eigenvalue weighted by Gasteiger charge is -2.29. The molecule has 2 rings (SSSR count). The van der Waals surface area contributed by atoms with Crippen LogP contribution in [0.3, 0.4) is 0 Å². The lowest BCUT2D eigenvalue weighted by atomic mass is 9.96. The molecular formula is C13H21N3O. The first-order valence-corrected chi connectivity index (χ1v) is 6.33. The molecule has 4 nitrogen and oxygen atoms in total. The van der Waals surface area contributed by atoms with Crippen molar-refractivity contribution in [3.63, 3.8) is 0 Å². The van der Waals surface area contributed by atoms with Crippen LogP contribution in [0.15, 0.2) is 0 Å². The van der Waals surface area contributed by atoms with Crippen molar-refractivity contribution in [2.75, 3.05) is 18.6 Å². The molecule has 94 valence electrons. The maximum atomic E-state index is 9.25. The van der Waals surface area contributed by atoms with Crippen LogP contribution in [0.4, 0.5) is 5.82 Å². The largest absolute Gasteiger partial charge is 0.394 e. The maximum absolute atomic E-state index is 9.25. The Morgan fingerprint density at radius 3 is 2.71 bits per heavy atom. The van der Waals surface area contributed by atoms with E-state index in [1.807, 2.05) is 20.9 Å². The number of fused-ring (bicyclic) bond motifs is 1. The minimum absolute atomic E-state index is 0.0929. The highest BCUT2D eigenvalue weighted by atomic mass is 16.3. The molecule has 0 aliphatic heterocycles. The van der Waals surface area contributed by atoms with Gasteiger partial charge in [0.15, 0.2) is 0 Å². The molecule has 1 heterocycles. The fourth-order valence-electron chi connectivity index (χ4n) is 2.32. The number of hydrogen-bond acceptors (Lipinski definition) is 4. The number of aryl methyl sites for hydroxylation is 2. The molecule has 0 fully saturated rings. The summed E-state index contributed by atoms with van der Waals surface area (Å²) in [5.74, 6) is 1.84. The van der Waals surface area contributed by atoms with Gasteiger partial charge >= 0.3 is 0 Å². The molecule has 1 aliphatic rings. The highest BCUT2D eigenvalue weighted by Gasteiger charge is 2.21. The molecule has 1 unspecified atom stereocenters. The number of aliphatic hydroxyl groups is 1. The summed E-state index contributed by atoms with van der Waals surface area (Å²) < 4.78 is 0. The lowest BCUT2D eigenvalue weighted by Crippen LogP contribution is -2.34. The van der Waals surface area contributed by atoms with Crippen LogP contribution in [0.2, 0.25) is 0 Å². The summed E-state index contributed by atoms with van der Waals surface area (Å²) in [6.45, 7) is 4.09. The van der Waals surface area contributed by atoms with Crippen molar-refractivity contribution >= 4 is 5.82 Å². The minimum Gasteiger partial charge on any atom is -0.394 e. The molecule has 1 aliphatic carbocycles. The monoisotopic (exact) mass is 235 g/mol. The Hall–Kier alpha value is -1.16. The van der Waals surface area contributed by atoms with Crippen LogP contribution in [0, 0.1) is 6.92 Å². The first-order valence-electron chi connectivity index (χ1n) is 6.33. The number of aliphatic hydroxyl groups excluding tert-OH is 1. The molecule has 0 aromatic carbocycles. The summed E-state index contributed by atoms with van der Waals surface area (Å²) in [7, 11) is 2.00. The van der Waals surface area contributed by atoms with Gasteiger partial charge in [-0.25, -0.2) is 9.97 Å². The van der Waals surface area contributed by atoms with Crippen LogP contribution in [0.1, 0.15) is 36.8 Å². The second kappa shape index (κ2) is 5.00. The van der Waals surface area contributed by atoms with E-state index in [1.54, 1.807) is 0 Å². The van der Waals surface area contributed by atoms with Crippen LogP contribution in [0.5, 0.6) is 0 Å². The van der Waals surface area contributed by atoms with E-state index in [0.717, 1.165) is 24.5 Å². The highest BCUT2D eigenvalue weighted by molar-refractivity contribution is 5.50. The Morgan fingerprint density at radius 2 is 2.00 bits per heavy atom. The number of hydrogen-bond donors (Lipinski definition) is 1. The first-order chi connectivity index (χ1) is 8.13. The van der Waals surface area contributed by atoms with Gasteiger partial charge in [0, 0.05) is 18.3 Å². The van der Waals surface area contributed by atoms with Gasteiger partial charge in [0.05, 0.1) is 12.6 Å². The second-order valence-corrected chi connectivity index (χ2v) is 4.87. The van der Waals surface area contributed by atoms with Crippen molar-refractivity contribution in [1.29, 1.82) is 0 Å². The third-order valence-corrected chi connectivity index (χ3v) is 3.53. The topological polar surface area (TPSA) is 49.2 Å². The standard InChI is InChI=1S/C13H21N3O/c1-9(8-17)16(3)13-11-6-4-5-7-12(11)14-10(2)15-13/h9,17H,4-8H2,1-3H3. The third kappa shape index (κ3) is 2.41. The molecule has 1 aromatic heterocycles. The van der Waals surface area contributed by atoms with Crippen LogP contribution < -0.4 is 4.90 Å². The zero-order valence-corrected chi connectivity index (χ0v) is 10.9. The summed E-state index contributed by atoms with van der Waals surface area (Å²) >= 11 is 0. The van der Waals surface area contributed by atoms with Gasteiger partial charge in [-0.1, -0.05) is 0 Å². The molecule has 1 aromatic rings. The highest BCUT2D eigenvalue weighted by Crippen LogP contribution is 2.28. The summed E-state index contributed by atoms with van der Waals surface area (Å²) in [6.07, 6.45) is 4.57. The fraction of sp³-hybridized carbons (Fsp3) is 0.692. The molecule has 0 radical (unpaired) electrons. The van der Waals surface area contributed by atoms with Crippen LogP contribution >= 0.6 is 0 Å². The summed E-state index contributed by atoms with van der Waals surface area (Å²) in [6, 6.07) is 0.0929. The Balaban J connectivity index is 2.41. The van der Waals surface area contributed by atoms with E-state index in [9.17, 15) is 5.11 Å². The normalized spacial score (nSPS) is 16.5. The van der Waals surface area contributed by atoms with Gasteiger partial charge in [-0.2, -0.15) is 0 Å². The molecular weight excluding hydrogens is 214 g/mol. The fourth-order valence-corrected chi connectivity index (χ4v) is 2.32. The SMILES string of the molecule is Cc1nc2c(c(N(C)C(C)CO)n1)CCCC2. The van der Waals surface area contributed by atoms with Crippen molar-refractivity contribution in [3.05, 3.63) is 17.1 Å². The van der Waals surface area contributed by atoms with Gasteiger partial charge in [0.1, 0.15) is 11.6 Å². The molecule has 4 heteroatoms. The van der Waals surface area contributed by atoms with Crippen LogP contribution in [-0.4, -0.2) is 34.8 Å². The number of likely N-dealkylation sites (N-methyl/N-ethyl adjacent to an activating group) is 1. The molecule has 0 bridgehead atoms. The number of aromatic nitrogens is 2. The van der Waals surface area contributed by atoms with E-state index in [2.05, 4.69) is 14.9 Å². The van der Waals surface area contributed by atoms with E-state index >= 15 is 0 Å². The molecule has 0 amide bonds. The number of rotatable bonds is 3. The maximum Gasteiger partial charge on any atom is 0.135 e. The molecule has 0 spiro atoms. The smallest absolute Gasteiger partial charge is 0.135 e. The number of anilines is 1. The van der Waals surface area contributed by atoms with Gasteiger partial charge < -0.3 is 10.0 Å². The van der Waals surface area contributed by atoms with Gasteiger partial charge in [-0.05, 0) is 39.5 Å². The molecule has 0 saturated heterocycles. The summed E-state index contributed by atoms with van der Waals surface area (Å²) in [4.78, 5) is 11.2. The Bertz CT molecular complexity index is 406. The van der Waals surface area contributed by atoms with Crippen molar-refractivity contribution in [2.45, 2.75) is 45.6 Å². The zero-order valence-electron chi connectivity index (χ0n) is 10.9. The van der Waals surface area contributed by atoms with E-state index in [-0.39, 0.29) is 12.6 Å². The summed E-state index contributed by atoms with van der Waals surface area (Å²) in [5.41, 5.74) is 2.49. The van der Waals surface area contributed by atoms with Gasteiger partial charge in [0.25, 0.3) is 0 Å². The number of nitrogens with zero attached hydrogens (tertiary/aromatic N) is 3. The van der Waals surface area contributed by atoms with Gasteiger partial charge in [0.2, 0.25) is 0 Å². The van der Waals surface area contributed by atoms with Crippen LogP contribution in [0.25, 0.3) is 0 Å². The average Bonchev–Trinajstić information content (AvgIpc) is 2.35. The average molecular weight is 235 g/mol. The molecule has 1 N–H and O–H groups in total. The quantitative estimate of drug-likeness (QED) is 0.862. The molecule has 1 atom stereocenters. The van der Waals surface area contributed by atoms with E-state index in [0.29, 0.717) is 0 Å². The Labute approximate surface area is 103 Å². The van der Waals surface area contributed by atoms with Crippen molar-refractivity contribution < 1.29 is 5.11 Å². The third-order valence-electron chi connectivity index (χ3n) is 3.53. The molecule has 17 heavy (non-hydrogen) atoms. The van der Waals surface area contributed by atoms with Gasteiger partial charge in [-0.15, -0.1) is 0 Å². The minimum atomic E-state index is 0.0929. The van der Waals surface area contributed by atoms with Crippen molar-refractivity contribution in [2.24, 2.45) is 0 Å². The van der Waals surface area contributed by atoms with Crippen LogP contribution in [-0.2, 0) is 12.8 Å². The first kappa shape index (κ1) is 12.3. The van der Waals surface area contributed by atoms with E-state index < -0.39 is 0 Å². The molecule has 0 saturated carbocycles. The Morgan fingerprint density at radius 1 is 1.29 bits per heavy atom. The van der Waals surface area contributed by atoms with E-state index in [4.69, 9.17) is 0 Å². The predicted molar refractivity (Wildman–Crippen MR) is 68.4 cm³/mol. The predicted octanol–water partition coefficient (Wildman–Crippen LogP) is 1.48. The Kier molecular flexibility index (Phi) is 3.62. The van der Waals surface area contributed by atoms with Crippen molar-refractivity contribution in [3.8, 4) is 0 Å².